The Bertz CT molecular complexity index is 395. The number of alkyl halides is 1. The van der Waals surface area contributed by atoms with Gasteiger partial charge in [-0.3, -0.25) is 0 Å². The zero-order valence-electron chi connectivity index (χ0n) is 13.5. The molecule has 0 saturated heterocycles. The molecule has 0 aliphatic carbocycles. The molecule has 5 heteroatoms. The van der Waals surface area contributed by atoms with Gasteiger partial charge in [0.1, 0.15) is 0 Å². The van der Waals surface area contributed by atoms with E-state index in [2.05, 4.69) is 53.8 Å². The van der Waals surface area contributed by atoms with Crippen LogP contribution in [0.15, 0.2) is 24.3 Å². The second kappa shape index (κ2) is 9.94. The Hall–Kier alpha value is 0.0469. The molecule has 21 heavy (non-hydrogen) atoms. The first-order chi connectivity index (χ1) is 10.1. The van der Waals surface area contributed by atoms with Gasteiger partial charge < -0.3 is 13.3 Å². The summed E-state index contributed by atoms with van der Waals surface area (Å²) in [6, 6.07) is 9.59. The zero-order valence-corrected chi connectivity index (χ0v) is 16.7. The summed E-state index contributed by atoms with van der Waals surface area (Å²) >= 11 is 2.44. The number of hydrogen-bond donors (Lipinski definition) is 0. The molecular formula is C16H27IO3Si. The van der Waals surface area contributed by atoms with E-state index >= 15 is 0 Å². The van der Waals surface area contributed by atoms with E-state index in [1.807, 2.05) is 20.8 Å². The smallest absolute Gasteiger partial charge is 0.374 e. The Kier molecular flexibility index (Phi) is 9.04. The largest absolute Gasteiger partial charge is 0.501 e. The standard InChI is InChI=1S/C16H27IO3Si/c1-5-18-21(19-6-2,20-7-3)12-11-15-9-8-10-16(13-15)14(4)17/h8-10,13-14H,5-7,11-12H2,1-4H3. The molecule has 1 aromatic carbocycles. The van der Waals surface area contributed by atoms with Crippen molar-refractivity contribution in [2.75, 3.05) is 19.8 Å². The fourth-order valence-electron chi connectivity index (χ4n) is 2.29. The highest BCUT2D eigenvalue weighted by Crippen LogP contribution is 2.25. The van der Waals surface area contributed by atoms with Crippen LogP contribution in [0, 0.1) is 0 Å². The van der Waals surface area contributed by atoms with E-state index in [-0.39, 0.29) is 0 Å². The van der Waals surface area contributed by atoms with Gasteiger partial charge in [-0.2, -0.15) is 0 Å². The monoisotopic (exact) mass is 422 g/mol. The molecule has 0 fully saturated rings. The van der Waals surface area contributed by atoms with Gasteiger partial charge in [-0.25, -0.2) is 0 Å². The lowest BCUT2D eigenvalue weighted by Crippen LogP contribution is -2.46. The maximum atomic E-state index is 5.90. The van der Waals surface area contributed by atoms with Gasteiger partial charge in [0.2, 0.25) is 0 Å². The topological polar surface area (TPSA) is 27.7 Å². The van der Waals surface area contributed by atoms with E-state index in [1.54, 1.807) is 0 Å². The Labute approximate surface area is 143 Å². The van der Waals surface area contributed by atoms with Crippen LogP contribution in [0.3, 0.4) is 0 Å². The average Bonchev–Trinajstić information content (AvgIpc) is 2.46. The molecule has 3 nitrogen and oxygen atoms in total. The molecular weight excluding hydrogens is 395 g/mol. The number of hydrogen-bond acceptors (Lipinski definition) is 3. The van der Waals surface area contributed by atoms with E-state index < -0.39 is 8.80 Å². The summed E-state index contributed by atoms with van der Waals surface area (Å²) in [6.07, 6.45) is 0.934. The highest BCUT2D eigenvalue weighted by molar-refractivity contribution is 14.1. The quantitative estimate of drug-likeness (QED) is 0.309. The maximum Gasteiger partial charge on any atom is 0.501 e. The van der Waals surface area contributed by atoms with Crippen LogP contribution in [-0.2, 0) is 19.7 Å². The molecule has 120 valence electrons. The van der Waals surface area contributed by atoms with Crippen molar-refractivity contribution in [3.63, 3.8) is 0 Å². The number of halogens is 1. The van der Waals surface area contributed by atoms with Crippen LogP contribution >= 0.6 is 22.6 Å². The Morgan fingerprint density at radius 1 is 1.05 bits per heavy atom. The van der Waals surface area contributed by atoms with Crippen molar-refractivity contribution >= 4 is 31.4 Å². The van der Waals surface area contributed by atoms with Crippen LogP contribution in [-0.4, -0.2) is 28.6 Å². The molecule has 1 atom stereocenters. The highest BCUT2D eigenvalue weighted by Gasteiger charge is 2.39. The first kappa shape index (κ1) is 19.1. The number of rotatable bonds is 10. The van der Waals surface area contributed by atoms with Gasteiger partial charge in [0.05, 0.1) is 0 Å². The second-order valence-electron chi connectivity index (χ2n) is 4.84. The van der Waals surface area contributed by atoms with Crippen LogP contribution in [0.4, 0.5) is 0 Å². The number of benzene rings is 1. The molecule has 0 N–H and O–H groups in total. The molecule has 0 bridgehead atoms. The molecule has 0 saturated carbocycles. The lowest BCUT2D eigenvalue weighted by atomic mass is 10.1. The summed E-state index contributed by atoms with van der Waals surface area (Å²) in [4.78, 5) is 0. The molecule has 0 aromatic heterocycles. The van der Waals surface area contributed by atoms with Crippen molar-refractivity contribution in [3.05, 3.63) is 35.4 Å². The van der Waals surface area contributed by atoms with Crippen molar-refractivity contribution in [3.8, 4) is 0 Å². The number of aryl methyl sites for hydroxylation is 1. The maximum absolute atomic E-state index is 5.90. The van der Waals surface area contributed by atoms with Gasteiger partial charge >= 0.3 is 8.80 Å². The SMILES string of the molecule is CCO[Si](CCc1cccc(C(C)I)c1)(OCC)OCC. The van der Waals surface area contributed by atoms with E-state index in [4.69, 9.17) is 13.3 Å². The summed E-state index contributed by atoms with van der Waals surface area (Å²) in [7, 11) is -2.52. The summed E-state index contributed by atoms with van der Waals surface area (Å²) in [5.41, 5.74) is 2.69. The minimum atomic E-state index is -2.52. The Balaban J connectivity index is 2.77. The van der Waals surface area contributed by atoms with Crippen LogP contribution in [0.1, 0.15) is 42.7 Å². The predicted octanol–water partition coefficient (Wildman–Crippen LogP) is 4.77. The third-order valence-electron chi connectivity index (χ3n) is 3.22. The van der Waals surface area contributed by atoms with Gasteiger partial charge in [-0.05, 0) is 45.2 Å². The van der Waals surface area contributed by atoms with E-state index in [9.17, 15) is 0 Å². The van der Waals surface area contributed by atoms with Crippen LogP contribution in [0.25, 0.3) is 0 Å². The first-order valence-corrected chi connectivity index (χ1v) is 10.9. The highest BCUT2D eigenvalue weighted by atomic mass is 127. The lowest BCUT2D eigenvalue weighted by Gasteiger charge is -2.28. The fourth-order valence-corrected chi connectivity index (χ4v) is 5.28. The normalized spacial score (nSPS) is 13.4. The van der Waals surface area contributed by atoms with Crippen LogP contribution < -0.4 is 0 Å². The van der Waals surface area contributed by atoms with Crippen LogP contribution in [0.5, 0.6) is 0 Å². The fraction of sp³-hybridized carbons (Fsp3) is 0.625. The molecule has 0 amide bonds. The summed E-state index contributed by atoms with van der Waals surface area (Å²) in [6.45, 7) is 10.1. The van der Waals surface area contributed by atoms with Crippen molar-refractivity contribution in [2.24, 2.45) is 0 Å². The predicted molar refractivity (Wildman–Crippen MR) is 98.0 cm³/mol. The van der Waals surface area contributed by atoms with Crippen molar-refractivity contribution in [1.29, 1.82) is 0 Å². The molecule has 0 spiro atoms. The molecule has 0 aliphatic rings. The third-order valence-corrected chi connectivity index (χ3v) is 6.99. The summed E-state index contributed by atoms with van der Waals surface area (Å²) in [5, 5.41) is 0. The van der Waals surface area contributed by atoms with Gasteiger partial charge in [-0.15, -0.1) is 0 Å². The summed E-state index contributed by atoms with van der Waals surface area (Å²) < 4.78 is 18.2. The van der Waals surface area contributed by atoms with Crippen LogP contribution in [0.2, 0.25) is 6.04 Å². The molecule has 0 radical (unpaired) electrons. The minimum absolute atomic E-state index is 0.523. The molecule has 1 rings (SSSR count). The Morgan fingerprint density at radius 3 is 2.10 bits per heavy atom. The molecule has 0 aliphatic heterocycles. The van der Waals surface area contributed by atoms with E-state index in [0.29, 0.717) is 23.7 Å². The zero-order chi connectivity index (χ0) is 15.7. The molecule has 0 heterocycles. The summed E-state index contributed by atoms with van der Waals surface area (Å²) in [5.74, 6) is 0. The van der Waals surface area contributed by atoms with Gasteiger partial charge in [-0.1, -0.05) is 46.9 Å². The second-order valence-corrected chi connectivity index (χ2v) is 9.44. The van der Waals surface area contributed by atoms with Gasteiger partial charge in [0.25, 0.3) is 0 Å². The van der Waals surface area contributed by atoms with E-state index in [1.165, 1.54) is 11.1 Å². The average molecular weight is 422 g/mol. The van der Waals surface area contributed by atoms with Gasteiger partial charge in [0.15, 0.2) is 0 Å². The van der Waals surface area contributed by atoms with Gasteiger partial charge in [0, 0.05) is 29.8 Å². The minimum Gasteiger partial charge on any atom is -0.374 e. The van der Waals surface area contributed by atoms with Crippen molar-refractivity contribution in [2.45, 2.75) is 44.1 Å². The van der Waals surface area contributed by atoms with E-state index in [0.717, 1.165) is 12.5 Å². The molecule has 1 unspecified atom stereocenters. The van der Waals surface area contributed by atoms with Crippen molar-refractivity contribution in [1.82, 2.24) is 0 Å². The first-order valence-electron chi connectivity index (χ1n) is 7.71. The Morgan fingerprint density at radius 2 is 1.62 bits per heavy atom. The lowest BCUT2D eigenvalue weighted by molar-refractivity contribution is 0.0714. The third kappa shape index (κ3) is 6.36. The van der Waals surface area contributed by atoms with Crippen molar-refractivity contribution < 1.29 is 13.3 Å². The molecule has 1 aromatic rings.